The fraction of sp³-hybridized carbons (Fsp3) is 0.125. The van der Waals surface area contributed by atoms with Crippen molar-refractivity contribution in [3.05, 3.63) is 22.8 Å². The van der Waals surface area contributed by atoms with Crippen molar-refractivity contribution in [1.29, 1.82) is 0 Å². The second kappa shape index (κ2) is 3.20. The van der Waals surface area contributed by atoms with Gasteiger partial charge in [-0.05, 0) is 28.1 Å². The van der Waals surface area contributed by atoms with Crippen molar-refractivity contribution in [1.82, 2.24) is 9.78 Å². The molecule has 0 saturated heterocycles. The quantitative estimate of drug-likeness (QED) is 0.803. The molecule has 0 radical (unpaired) electrons. The van der Waals surface area contributed by atoms with Crippen LogP contribution in [0.15, 0.2) is 22.8 Å². The molecule has 0 atom stereocenters. The first-order chi connectivity index (χ1) is 6.59. The lowest BCUT2D eigenvalue weighted by molar-refractivity contribution is 0.0615. The van der Waals surface area contributed by atoms with Gasteiger partial charge in [-0.15, -0.1) is 0 Å². The van der Waals surface area contributed by atoms with Gasteiger partial charge in [0.25, 0.3) is 0 Å². The van der Waals surface area contributed by atoms with E-state index in [4.69, 9.17) is 5.73 Å². The summed E-state index contributed by atoms with van der Waals surface area (Å²) >= 11 is 3.23. The van der Waals surface area contributed by atoms with Gasteiger partial charge in [0, 0.05) is 15.5 Å². The van der Waals surface area contributed by atoms with E-state index >= 15 is 0 Å². The molecule has 0 aliphatic heterocycles. The molecule has 2 rings (SSSR count). The van der Waals surface area contributed by atoms with Gasteiger partial charge >= 0.3 is 6.55 Å². The molecule has 0 bridgehead atoms. The van der Waals surface area contributed by atoms with Crippen LogP contribution in [0.4, 0.5) is 14.5 Å². The number of fused-ring (bicyclic) bond motifs is 1. The maximum Gasteiger partial charge on any atom is 0.333 e. The lowest BCUT2D eigenvalue weighted by atomic mass is 10.2. The van der Waals surface area contributed by atoms with Crippen LogP contribution in [0.25, 0.3) is 10.9 Å². The van der Waals surface area contributed by atoms with Crippen LogP contribution in [-0.4, -0.2) is 9.78 Å². The number of hydrogen-bond acceptors (Lipinski definition) is 2. The number of halogens is 3. The third-order valence-electron chi connectivity index (χ3n) is 1.87. The second-order valence-corrected chi connectivity index (χ2v) is 3.66. The zero-order valence-electron chi connectivity index (χ0n) is 6.92. The average molecular weight is 262 g/mol. The van der Waals surface area contributed by atoms with Crippen molar-refractivity contribution in [2.45, 2.75) is 6.55 Å². The Hall–Kier alpha value is -1.17. The Labute approximate surface area is 86.6 Å². The van der Waals surface area contributed by atoms with Crippen LogP contribution in [0.3, 0.4) is 0 Å². The molecule has 0 aliphatic carbocycles. The van der Waals surface area contributed by atoms with E-state index in [1.807, 2.05) is 0 Å². The molecule has 0 aliphatic rings. The Morgan fingerprint density at radius 1 is 1.43 bits per heavy atom. The molecular weight excluding hydrogens is 256 g/mol. The van der Waals surface area contributed by atoms with Gasteiger partial charge in [-0.1, -0.05) is 0 Å². The van der Waals surface area contributed by atoms with E-state index in [1.54, 1.807) is 6.07 Å². The molecule has 2 N–H and O–H groups in total. The number of alkyl halides is 2. The second-order valence-electron chi connectivity index (χ2n) is 2.80. The van der Waals surface area contributed by atoms with Gasteiger partial charge in [0.2, 0.25) is 0 Å². The maximum atomic E-state index is 12.4. The Kier molecular flexibility index (Phi) is 2.14. The van der Waals surface area contributed by atoms with Crippen molar-refractivity contribution in [2.75, 3.05) is 5.73 Å². The summed E-state index contributed by atoms with van der Waals surface area (Å²) in [5.74, 6) is 0. The van der Waals surface area contributed by atoms with E-state index in [0.717, 1.165) is 0 Å². The summed E-state index contributed by atoms with van der Waals surface area (Å²) in [5, 5.41) is 4.20. The van der Waals surface area contributed by atoms with Gasteiger partial charge in [-0.25, -0.2) is 4.68 Å². The van der Waals surface area contributed by atoms with Crippen LogP contribution in [0.1, 0.15) is 6.55 Å². The first-order valence-corrected chi connectivity index (χ1v) is 4.59. The average Bonchev–Trinajstić information content (AvgIpc) is 2.47. The Morgan fingerprint density at radius 2 is 2.14 bits per heavy atom. The molecule has 0 spiro atoms. The minimum atomic E-state index is -2.65. The summed E-state index contributed by atoms with van der Waals surface area (Å²) in [7, 11) is 0. The predicted octanol–water partition coefficient (Wildman–Crippen LogP) is 2.78. The molecule has 3 nitrogen and oxygen atoms in total. The van der Waals surface area contributed by atoms with Gasteiger partial charge in [0.1, 0.15) is 0 Å². The number of anilines is 1. The fourth-order valence-electron chi connectivity index (χ4n) is 1.28. The molecular formula is C8H6BrF2N3. The lowest BCUT2D eigenvalue weighted by Gasteiger charge is -2.02. The highest BCUT2D eigenvalue weighted by atomic mass is 79.9. The normalized spacial score (nSPS) is 11.4. The molecule has 0 amide bonds. The first-order valence-electron chi connectivity index (χ1n) is 3.80. The summed E-state index contributed by atoms with van der Waals surface area (Å²) in [6.45, 7) is -2.65. The summed E-state index contributed by atoms with van der Waals surface area (Å²) in [5.41, 5.74) is 6.29. The van der Waals surface area contributed by atoms with Crippen LogP contribution in [0.2, 0.25) is 0 Å². The van der Waals surface area contributed by atoms with Crippen LogP contribution in [-0.2, 0) is 0 Å². The van der Waals surface area contributed by atoms with Crippen LogP contribution in [0, 0.1) is 0 Å². The van der Waals surface area contributed by atoms with Gasteiger partial charge in [0.05, 0.1) is 11.7 Å². The molecule has 0 saturated carbocycles. The van der Waals surface area contributed by atoms with Gasteiger partial charge in [0.15, 0.2) is 0 Å². The van der Waals surface area contributed by atoms with Crippen molar-refractivity contribution in [2.24, 2.45) is 0 Å². The van der Waals surface area contributed by atoms with E-state index in [9.17, 15) is 8.78 Å². The molecule has 0 fully saturated rings. The predicted molar refractivity (Wildman–Crippen MR) is 53.1 cm³/mol. The SMILES string of the molecule is Nc1cc(Br)c2cnn(C(F)F)c2c1. The highest BCUT2D eigenvalue weighted by Crippen LogP contribution is 2.28. The van der Waals surface area contributed by atoms with Crippen molar-refractivity contribution < 1.29 is 8.78 Å². The van der Waals surface area contributed by atoms with Crippen molar-refractivity contribution >= 4 is 32.5 Å². The van der Waals surface area contributed by atoms with E-state index in [2.05, 4.69) is 21.0 Å². The van der Waals surface area contributed by atoms with E-state index in [1.165, 1.54) is 12.3 Å². The monoisotopic (exact) mass is 261 g/mol. The first kappa shape index (κ1) is 9.39. The highest BCUT2D eigenvalue weighted by Gasteiger charge is 2.13. The number of rotatable bonds is 1. The van der Waals surface area contributed by atoms with Crippen molar-refractivity contribution in [3.63, 3.8) is 0 Å². The number of nitrogens with zero attached hydrogens (tertiary/aromatic N) is 2. The number of nitrogens with two attached hydrogens (primary N) is 1. The van der Waals surface area contributed by atoms with Crippen LogP contribution < -0.4 is 5.73 Å². The number of benzene rings is 1. The highest BCUT2D eigenvalue weighted by molar-refractivity contribution is 9.10. The molecule has 2 aromatic rings. The van der Waals surface area contributed by atoms with E-state index in [0.29, 0.717) is 25.7 Å². The fourth-order valence-corrected chi connectivity index (χ4v) is 1.85. The van der Waals surface area contributed by atoms with Gasteiger partial charge in [-0.3, -0.25) is 0 Å². The largest absolute Gasteiger partial charge is 0.399 e. The maximum absolute atomic E-state index is 12.4. The van der Waals surface area contributed by atoms with Gasteiger partial charge in [-0.2, -0.15) is 13.9 Å². The molecule has 14 heavy (non-hydrogen) atoms. The Bertz CT molecular complexity index is 481. The molecule has 6 heteroatoms. The van der Waals surface area contributed by atoms with E-state index < -0.39 is 6.55 Å². The third-order valence-corrected chi connectivity index (χ3v) is 2.53. The molecule has 74 valence electrons. The molecule has 1 heterocycles. The van der Waals surface area contributed by atoms with Crippen LogP contribution in [0.5, 0.6) is 0 Å². The van der Waals surface area contributed by atoms with Crippen molar-refractivity contribution in [3.8, 4) is 0 Å². The zero-order valence-corrected chi connectivity index (χ0v) is 8.50. The number of hydrogen-bond donors (Lipinski definition) is 1. The van der Waals surface area contributed by atoms with Crippen LogP contribution >= 0.6 is 15.9 Å². The minimum absolute atomic E-state index is 0.326. The summed E-state index contributed by atoms with van der Waals surface area (Å²) in [6, 6.07) is 3.12. The molecule has 1 aromatic heterocycles. The topological polar surface area (TPSA) is 43.8 Å². The Morgan fingerprint density at radius 3 is 2.79 bits per heavy atom. The smallest absolute Gasteiger partial charge is 0.333 e. The Balaban J connectivity index is 2.78. The van der Waals surface area contributed by atoms with E-state index in [-0.39, 0.29) is 0 Å². The number of nitrogen functional groups attached to an aromatic ring is 1. The zero-order chi connectivity index (χ0) is 10.3. The standard InChI is InChI=1S/C8H6BrF2N3/c9-6-1-4(12)2-7-5(6)3-13-14(7)8(10)11/h1-3,8H,12H2. The summed E-state index contributed by atoms with van der Waals surface area (Å²) in [4.78, 5) is 0. The number of aromatic nitrogens is 2. The minimum Gasteiger partial charge on any atom is -0.399 e. The molecule has 1 aromatic carbocycles. The molecule has 0 unspecified atom stereocenters. The summed E-state index contributed by atoms with van der Waals surface area (Å²) < 4.78 is 26.2. The lowest BCUT2D eigenvalue weighted by Crippen LogP contribution is -1.99. The van der Waals surface area contributed by atoms with Gasteiger partial charge < -0.3 is 5.73 Å². The third kappa shape index (κ3) is 1.35. The summed E-state index contributed by atoms with van der Waals surface area (Å²) in [6.07, 6.45) is 1.38.